The van der Waals surface area contributed by atoms with Crippen molar-refractivity contribution in [2.24, 2.45) is 0 Å². The fraction of sp³-hybridized carbons (Fsp3) is 0.400. The molecule has 3 heteroatoms. The Morgan fingerprint density at radius 3 is 2.75 bits per heavy atom. The highest BCUT2D eigenvalue weighted by molar-refractivity contribution is 5.71. The first-order valence-electron chi connectivity index (χ1n) is 2.33. The van der Waals surface area contributed by atoms with Crippen molar-refractivity contribution < 1.29 is 14.6 Å². The van der Waals surface area contributed by atoms with Crippen LogP contribution in [0.15, 0.2) is 11.8 Å². The van der Waals surface area contributed by atoms with Gasteiger partial charge in [-0.05, 0) is 13.0 Å². The fourth-order valence-corrected chi connectivity index (χ4v) is 0.407. The zero-order valence-electron chi connectivity index (χ0n) is 4.51. The van der Waals surface area contributed by atoms with E-state index in [1.54, 1.807) is 13.0 Å². The van der Waals surface area contributed by atoms with Crippen LogP contribution in [0.5, 0.6) is 0 Å². The summed E-state index contributed by atoms with van der Waals surface area (Å²) in [6, 6.07) is 0. The van der Waals surface area contributed by atoms with Gasteiger partial charge < -0.3 is 0 Å². The van der Waals surface area contributed by atoms with Crippen LogP contribution in [-0.2, 0) is 14.6 Å². The molecule has 44 valence electrons. The molecule has 0 aromatic carbocycles. The number of carbonyl (C=O) groups is 1. The zero-order chi connectivity index (χ0) is 5.98. The lowest BCUT2D eigenvalue weighted by Gasteiger charge is -2.06. The lowest BCUT2D eigenvalue weighted by atomic mass is 10.3. The van der Waals surface area contributed by atoms with Crippen molar-refractivity contribution in [3.63, 3.8) is 0 Å². The Morgan fingerprint density at radius 1 is 1.62 bits per heavy atom. The van der Waals surface area contributed by atoms with E-state index in [0.29, 0.717) is 12.2 Å². The number of allylic oxidation sites excluding steroid dienone is 1. The van der Waals surface area contributed by atoms with Crippen molar-refractivity contribution in [2.45, 2.75) is 13.3 Å². The normalized spacial score (nSPS) is 18.6. The molecule has 0 spiro atoms. The summed E-state index contributed by atoms with van der Waals surface area (Å²) in [7, 11) is 0. The second-order valence-corrected chi connectivity index (χ2v) is 1.56. The maximum absolute atomic E-state index is 10.2. The van der Waals surface area contributed by atoms with E-state index in [1.165, 1.54) is 0 Å². The van der Waals surface area contributed by atoms with Gasteiger partial charge in [-0.3, -0.25) is 9.78 Å². The van der Waals surface area contributed by atoms with Gasteiger partial charge in [-0.2, -0.15) is 0 Å². The molecule has 0 fully saturated rings. The quantitative estimate of drug-likeness (QED) is 0.436. The molecule has 1 aliphatic heterocycles. The lowest BCUT2D eigenvalue weighted by molar-refractivity contribution is -0.251. The molecular formula is C5H6O3. The first-order chi connectivity index (χ1) is 3.79. The SMILES string of the molecule is CC1=CCC(=O)OO1. The van der Waals surface area contributed by atoms with Crippen LogP contribution in [0.4, 0.5) is 0 Å². The van der Waals surface area contributed by atoms with Crippen LogP contribution in [-0.4, -0.2) is 5.97 Å². The van der Waals surface area contributed by atoms with Crippen LogP contribution in [0, 0.1) is 0 Å². The molecule has 1 heterocycles. The maximum atomic E-state index is 10.2. The van der Waals surface area contributed by atoms with E-state index in [0.717, 1.165) is 0 Å². The van der Waals surface area contributed by atoms with Crippen molar-refractivity contribution in [2.75, 3.05) is 0 Å². The highest BCUT2D eigenvalue weighted by atomic mass is 17.2. The topological polar surface area (TPSA) is 35.5 Å². The van der Waals surface area contributed by atoms with Crippen LogP contribution >= 0.6 is 0 Å². The predicted molar refractivity (Wildman–Crippen MR) is 25.6 cm³/mol. The molecule has 0 aliphatic carbocycles. The van der Waals surface area contributed by atoms with Crippen LogP contribution in [0.3, 0.4) is 0 Å². The van der Waals surface area contributed by atoms with Crippen LogP contribution in [0.1, 0.15) is 13.3 Å². The molecule has 0 saturated carbocycles. The van der Waals surface area contributed by atoms with Crippen molar-refractivity contribution in [3.8, 4) is 0 Å². The molecule has 0 aromatic rings. The van der Waals surface area contributed by atoms with Gasteiger partial charge in [0.1, 0.15) is 5.76 Å². The summed E-state index contributed by atoms with van der Waals surface area (Å²) < 4.78 is 0. The van der Waals surface area contributed by atoms with E-state index < -0.39 is 0 Å². The first kappa shape index (κ1) is 5.15. The van der Waals surface area contributed by atoms with Crippen molar-refractivity contribution in [1.82, 2.24) is 0 Å². The first-order valence-corrected chi connectivity index (χ1v) is 2.33. The molecule has 0 unspecified atom stereocenters. The molecule has 8 heavy (non-hydrogen) atoms. The lowest BCUT2D eigenvalue weighted by Crippen LogP contribution is -2.07. The van der Waals surface area contributed by atoms with Crippen LogP contribution < -0.4 is 0 Å². The Hall–Kier alpha value is -0.990. The van der Waals surface area contributed by atoms with Gasteiger partial charge in [-0.1, -0.05) is 0 Å². The number of hydrogen-bond acceptors (Lipinski definition) is 3. The van der Waals surface area contributed by atoms with Gasteiger partial charge in [0.05, 0.1) is 6.42 Å². The van der Waals surface area contributed by atoms with E-state index in [1.807, 2.05) is 0 Å². The monoisotopic (exact) mass is 114 g/mol. The minimum Gasteiger partial charge on any atom is -0.292 e. The van der Waals surface area contributed by atoms with Crippen molar-refractivity contribution in [3.05, 3.63) is 11.8 Å². The minimum absolute atomic E-state index is 0.325. The van der Waals surface area contributed by atoms with E-state index in [2.05, 4.69) is 9.78 Å². The fourth-order valence-electron chi connectivity index (χ4n) is 0.407. The Kier molecular flexibility index (Phi) is 1.20. The predicted octanol–water partition coefficient (Wildman–Crippen LogP) is 0.769. The van der Waals surface area contributed by atoms with Gasteiger partial charge in [-0.25, -0.2) is 4.79 Å². The zero-order valence-corrected chi connectivity index (χ0v) is 4.51. The van der Waals surface area contributed by atoms with E-state index in [9.17, 15) is 4.79 Å². The largest absolute Gasteiger partial charge is 0.359 e. The Labute approximate surface area is 46.8 Å². The third-order valence-corrected chi connectivity index (χ3v) is 0.822. The summed E-state index contributed by atoms with van der Waals surface area (Å²) in [5.41, 5.74) is 0. The second-order valence-electron chi connectivity index (χ2n) is 1.56. The van der Waals surface area contributed by atoms with E-state index in [-0.39, 0.29) is 5.97 Å². The molecule has 3 nitrogen and oxygen atoms in total. The Bertz CT molecular complexity index is 137. The van der Waals surface area contributed by atoms with Gasteiger partial charge >= 0.3 is 5.97 Å². The number of hydrogen-bond donors (Lipinski definition) is 0. The molecule has 1 aliphatic rings. The number of rotatable bonds is 0. The molecule has 0 amide bonds. The molecule has 0 N–H and O–H groups in total. The molecule has 1 rings (SSSR count). The van der Waals surface area contributed by atoms with Crippen LogP contribution in [0.2, 0.25) is 0 Å². The van der Waals surface area contributed by atoms with Crippen LogP contribution in [0.25, 0.3) is 0 Å². The molecule has 0 radical (unpaired) electrons. The average Bonchev–Trinajstić information content (AvgIpc) is 1.77. The summed E-state index contributed by atoms with van der Waals surface area (Å²) in [5.74, 6) is 0.306. The van der Waals surface area contributed by atoms with Gasteiger partial charge in [0.25, 0.3) is 0 Å². The van der Waals surface area contributed by atoms with E-state index >= 15 is 0 Å². The Morgan fingerprint density at radius 2 is 2.38 bits per heavy atom. The average molecular weight is 114 g/mol. The highest BCUT2D eigenvalue weighted by Crippen LogP contribution is 2.06. The van der Waals surface area contributed by atoms with Gasteiger partial charge in [0.15, 0.2) is 0 Å². The summed E-state index contributed by atoms with van der Waals surface area (Å²) in [5, 5.41) is 0. The van der Waals surface area contributed by atoms with E-state index in [4.69, 9.17) is 0 Å². The number of carbonyl (C=O) groups excluding carboxylic acids is 1. The molecule has 0 saturated heterocycles. The third-order valence-electron chi connectivity index (χ3n) is 0.822. The third kappa shape index (κ3) is 0.992. The van der Waals surface area contributed by atoms with Gasteiger partial charge in [0.2, 0.25) is 0 Å². The molecule has 0 aromatic heterocycles. The Balaban J connectivity index is 2.55. The van der Waals surface area contributed by atoms with Gasteiger partial charge in [-0.15, -0.1) is 0 Å². The minimum atomic E-state index is -0.337. The van der Waals surface area contributed by atoms with Crippen molar-refractivity contribution >= 4 is 5.97 Å². The summed E-state index contributed by atoms with van der Waals surface area (Å²) in [6.45, 7) is 1.73. The van der Waals surface area contributed by atoms with Crippen molar-refractivity contribution in [1.29, 1.82) is 0 Å². The molecule has 0 atom stereocenters. The van der Waals surface area contributed by atoms with Gasteiger partial charge in [0, 0.05) is 0 Å². The summed E-state index contributed by atoms with van der Waals surface area (Å²) in [4.78, 5) is 18.8. The summed E-state index contributed by atoms with van der Waals surface area (Å²) in [6.07, 6.45) is 2.00. The second kappa shape index (κ2) is 1.86. The molecule has 0 bridgehead atoms. The summed E-state index contributed by atoms with van der Waals surface area (Å²) >= 11 is 0. The highest BCUT2D eigenvalue weighted by Gasteiger charge is 2.08. The molecular weight excluding hydrogens is 108 g/mol. The smallest absolute Gasteiger partial charge is 0.292 e. The standard InChI is InChI=1S/C5H6O3/c1-4-2-3-5(6)8-7-4/h2H,3H2,1H3. The maximum Gasteiger partial charge on any atom is 0.359 e.